The zero-order valence-electron chi connectivity index (χ0n) is 15.6. The van der Waals surface area contributed by atoms with Crippen molar-refractivity contribution in [2.75, 3.05) is 11.9 Å². The first-order chi connectivity index (χ1) is 14.1. The number of carbonyl (C=O) groups excluding carboxylic acids is 3. The maximum Gasteiger partial charge on any atom is 0.325 e. The summed E-state index contributed by atoms with van der Waals surface area (Å²) in [5.74, 6) is -0.770. The van der Waals surface area contributed by atoms with E-state index in [1.54, 1.807) is 6.07 Å². The fourth-order valence-electron chi connectivity index (χ4n) is 4.40. The van der Waals surface area contributed by atoms with Crippen LogP contribution in [0.1, 0.15) is 17.5 Å². The molecule has 0 saturated carbocycles. The number of rotatable bonds is 3. The fraction of sp³-hybridized carbons (Fsp3) is 0.174. The van der Waals surface area contributed by atoms with Gasteiger partial charge in [-0.15, -0.1) is 0 Å². The Morgan fingerprint density at radius 1 is 1.00 bits per heavy atom. The van der Waals surface area contributed by atoms with Gasteiger partial charge in [0, 0.05) is 11.1 Å². The van der Waals surface area contributed by atoms with Crippen molar-refractivity contribution in [3.63, 3.8) is 0 Å². The van der Waals surface area contributed by atoms with E-state index in [-0.39, 0.29) is 12.5 Å². The number of amides is 4. The lowest BCUT2D eigenvalue weighted by molar-refractivity contribution is -0.134. The third-order valence-corrected chi connectivity index (χ3v) is 5.79. The molecule has 144 valence electrons. The van der Waals surface area contributed by atoms with E-state index in [0.29, 0.717) is 12.1 Å². The van der Waals surface area contributed by atoms with Crippen LogP contribution in [-0.4, -0.2) is 29.3 Å². The normalized spacial score (nSPS) is 20.2. The van der Waals surface area contributed by atoms with Gasteiger partial charge in [0.15, 0.2) is 0 Å². The molecule has 1 unspecified atom stereocenters. The highest BCUT2D eigenvalue weighted by atomic mass is 16.2. The summed E-state index contributed by atoms with van der Waals surface area (Å²) in [4.78, 5) is 39.4. The van der Waals surface area contributed by atoms with Gasteiger partial charge in [0.2, 0.25) is 5.91 Å². The summed E-state index contributed by atoms with van der Waals surface area (Å²) in [6, 6.07) is 20.4. The maximum absolute atomic E-state index is 13.2. The van der Waals surface area contributed by atoms with Crippen LogP contribution in [0.5, 0.6) is 0 Å². The number of anilines is 1. The summed E-state index contributed by atoms with van der Waals surface area (Å²) in [6.45, 7) is -0.322. The van der Waals surface area contributed by atoms with Crippen LogP contribution < -0.4 is 10.6 Å². The van der Waals surface area contributed by atoms with Crippen molar-refractivity contribution in [3.05, 3.63) is 77.9 Å². The van der Waals surface area contributed by atoms with Crippen LogP contribution in [0.3, 0.4) is 0 Å². The van der Waals surface area contributed by atoms with Gasteiger partial charge in [-0.3, -0.25) is 14.5 Å². The van der Waals surface area contributed by atoms with E-state index in [1.165, 1.54) is 0 Å². The Hall–Kier alpha value is -3.67. The Kier molecular flexibility index (Phi) is 3.87. The number of hydrogen-bond donors (Lipinski definition) is 2. The van der Waals surface area contributed by atoms with Crippen LogP contribution >= 0.6 is 0 Å². The highest BCUT2D eigenvalue weighted by molar-refractivity contribution is 6.11. The van der Waals surface area contributed by atoms with Crippen LogP contribution in [0.15, 0.2) is 66.7 Å². The first-order valence-electron chi connectivity index (χ1n) is 9.59. The van der Waals surface area contributed by atoms with Crippen molar-refractivity contribution in [3.8, 4) is 0 Å². The Labute approximate surface area is 167 Å². The number of benzene rings is 3. The summed E-state index contributed by atoms with van der Waals surface area (Å²) >= 11 is 0. The van der Waals surface area contributed by atoms with Gasteiger partial charge >= 0.3 is 6.03 Å². The molecule has 1 saturated heterocycles. The van der Waals surface area contributed by atoms with Crippen molar-refractivity contribution in [2.24, 2.45) is 0 Å². The van der Waals surface area contributed by atoms with E-state index < -0.39 is 17.5 Å². The van der Waals surface area contributed by atoms with Crippen molar-refractivity contribution < 1.29 is 14.4 Å². The van der Waals surface area contributed by atoms with Crippen molar-refractivity contribution in [1.82, 2.24) is 10.2 Å². The molecule has 1 atom stereocenters. The quantitative estimate of drug-likeness (QED) is 0.680. The molecule has 5 rings (SSSR count). The molecule has 2 N–H and O–H groups in total. The molecule has 6 nitrogen and oxygen atoms in total. The molecule has 0 bridgehead atoms. The van der Waals surface area contributed by atoms with Gasteiger partial charge in [-0.05, 0) is 35.4 Å². The predicted molar refractivity (Wildman–Crippen MR) is 109 cm³/mol. The first-order valence-corrected chi connectivity index (χ1v) is 9.59. The van der Waals surface area contributed by atoms with Gasteiger partial charge in [0.05, 0.1) is 0 Å². The number of imide groups is 1. The third-order valence-electron chi connectivity index (χ3n) is 5.79. The second kappa shape index (κ2) is 6.44. The second-order valence-electron chi connectivity index (χ2n) is 7.46. The SMILES string of the molecule is O=C(CN1C(=O)NC2(CCc3ccccc32)C1=O)Nc1cccc2ccccc12. The van der Waals surface area contributed by atoms with Crippen LogP contribution in [0.25, 0.3) is 10.8 Å². The van der Waals surface area contributed by atoms with Crippen LogP contribution in [0.4, 0.5) is 10.5 Å². The molecule has 2 aliphatic rings. The van der Waals surface area contributed by atoms with Crippen molar-refractivity contribution in [2.45, 2.75) is 18.4 Å². The molecule has 1 heterocycles. The molecule has 1 fully saturated rings. The van der Waals surface area contributed by atoms with E-state index in [0.717, 1.165) is 33.2 Å². The number of nitrogens with one attached hydrogen (secondary N) is 2. The van der Waals surface area contributed by atoms with E-state index in [4.69, 9.17) is 0 Å². The molecule has 0 radical (unpaired) electrons. The molecule has 0 aromatic heterocycles. The zero-order valence-corrected chi connectivity index (χ0v) is 15.6. The van der Waals surface area contributed by atoms with Crippen molar-refractivity contribution >= 4 is 34.3 Å². The smallest absolute Gasteiger partial charge is 0.324 e. The minimum absolute atomic E-state index is 0.322. The standard InChI is InChI=1S/C23H19N3O3/c27-20(24-19-11-5-8-15-6-1-3-9-17(15)19)14-26-21(28)23(25-22(26)29)13-12-16-7-2-4-10-18(16)23/h1-11H,12-14H2,(H,24,27)(H,25,29). The number of urea groups is 1. The predicted octanol–water partition coefficient (Wildman–Crippen LogP) is 3.17. The highest BCUT2D eigenvalue weighted by Gasteiger charge is 2.55. The number of aryl methyl sites for hydroxylation is 1. The van der Waals surface area contributed by atoms with Gasteiger partial charge in [-0.1, -0.05) is 60.7 Å². The molecule has 3 aromatic carbocycles. The molecule has 29 heavy (non-hydrogen) atoms. The summed E-state index contributed by atoms with van der Waals surface area (Å²) in [5, 5.41) is 7.59. The van der Waals surface area contributed by atoms with Crippen LogP contribution in [0.2, 0.25) is 0 Å². The van der Waals surface area contributed by atoms with E-state index in [1.807, 2.05) is 60.7 Å². The molecule has 6 heteroatoms. The number of carbonyl (C=O) groups is 3. The molecular formula is C23H19N3O3. The van der Waals surface area contributed by atoms with Gasteiger partial charge in [-0.2, -0.15) is 0 Å². The summed E-state index contributed by atoms with van der Waals surface area (Å²) < 4.78 is 0. The first kappa shape index (κ1) is 17.4. The molecule has 1 aliphatic carbocycles. The summed E-state index contributed by atoms with van der Waals surface area (Å²) in [7, 11) is 0. The minimum atomic E-state index is -1.05. The zero-order chi connectivity index (χ0) is 20.0. The molecule has 4 amide bonds. The molecule has 3 aromatic rings. The van der Waals surface area contributed by atoms with Crippen LogP contribution in [0, 0.1) is 0 Å². The Morgan fingerprint density at radius 3 is 2.66 bits per heavy atom. The summed E-state index contributed by atoms with van der Waals surface area (Å²) in [5.41, 5.74) is 1.49. The molecular weight excluding hydrogens is 366 g/mol. The van der Waals surface area contributed by atoms with E-state index in [2.05, 4.69) is 10.6 Å². The topological polar surface area (TPSA) is 78.5 Å². The van der Waals surface area contributed by atoms with Gasteiger partial charge in [0.25, 0.3) is 5.91 Å². The Morgan fingerprint density at radius 2 is 1.76 bits per heavy atom. The number of nitrogens with zero attached hydrogens (tertiary/aromatic N) is 1. The number of hydrogen-bond acceptors (Lipinski definition) is 3. The fourth-order valence-corrected chi connectivity index (χ4v) is 4.40. The average Bonchev–Trinajstić information content (AvgIpc) is 3.22. The average molecular weight is 385 g/mol. The van der Waals surface area contributed by atoms with E-state index >= 15 is 0 Å². The van der Waals surface area contributed by atoms with E-state index in [9.17, 15) is 14.4 Å². The maximum atomic E-state index is 13.2. The lowest BCUT2D eigenvalue weighted by Crippen LogP contribution is -2.43. The number of fused-ring (bicyclic) bond motifs is 3. The van der Waals surface area contributed by atoms with Gasteiger partial charge in [0.1, 0.15) is 12.1 Å². The summed E-state index contributed by atoms with van der Waals surface area (Å²) in [6.07, 6.45) is 1.23. The Balaban J connectivity index is 1.38. The van der Waals surface area contributed by atoms with Crippen molar-refractivity contribution in [1.29, 1.82) is 0 Å². The molecule has 1 spiro atoms. The second-order valence-corrected chi connectivity index (χ2v) is 7.46. The monoisotopic (exact) mass is 385 g/mol. The Bertz CT molecular complexity index is 1170. The minimum Gasteiger partial charge on any atom is -0.324 e. The largest absolute Gasteiger partial charge is 0.325 e. The van der Waals surface area contributed by atoms with Gasteiger partial charge < -0.3 is 10.6 Å². The third kappa shape index (κ3) is 2.68. The van der Waals surface area contributed by atoms with Gasteiger partial charge in [-0.25, -0.2) is 4.79 Å². The van der Waals surface area contributed by atoms with Crippen LogP contribution in [-0.2, 0) is 21.5 Å². The molecule has 1 aliphatic heterocycles. The lowest BCUT2D eigenvalue weighted by Gasteiger charge is -2.22. The highest BCUT2D eigenvalue weighted by Crippen LogP contribution is 2.41. The lowest BCUT2D eigenvalue weighted by atomic mass is 9.92.